The SMILES string of the molecule is CCCCCCCC(=O)NC(=S)Nc1ccc(C(=O)N(C)c2ccccc2)cc1. The molecule has 2 amide bonds. The van der Waals surface area contributed by atoms with Crippen molar-refractivity contribution >= 4 is 40.5 Å². The highest BCUT2D eigenvalue weighted by atomic mass is 32.1. The minimum atomic E-state index is -0.0956. The lowest BCUT2D eigenvalue weighted by molar-refractivity contribution is -0.119. The smallest absolute Gasteiger partial charge is 0.258 e. The predicted molar refractivity (Wildman–Crippen MR) is 123 cm³/mol. The number of nitrogens with zero attached hydrogens (tertiary/aromatic N) is 1. The van der Waals surface area contributed by atoms with Gasteiger partial charge >= 0.3 is 0 Å². The molecule has 0 radical (unpaired) electrons. The maximum Gasteiger partial charge on any atom is 0.258 e. The summed E-state index contributed by atoms with van der Waals surface area (Å²) < 4.78 is 0. The van der Waals surface area contributed by atoms with E-state index in [-0.39, 0.29) is 16.9 Å². The molecule has 0 aliphatic rings. The summed E-state index contributed by atoms with van der Waals surface area (Å²) in [5.74, 6) is -0.169. The molecule has 2 aromatic rings. The van der Waals surface area contributed by atoms with Crippen LogP contribution in [0.25, 0.3) is 0 Å². The van der Waals surface area contributed by atoms with Gasteiger partial charge in [-0.05, 0) is 55.0 Å². The molecule has 2 N–H and O–H groups in total. The number of para-hydroxylation sites is 1. The summed E-state index contributed by atoms with van der Waals surface area (Å²) >= 11 is 5.20. The van der Waals surface area contributed by atoms with Gasteiger partial charge in [0.05, 0.1) is 0 Å². The van der Waals surface area contributed by atoms with E-state index in [2.05, 4.69) is 17.6 Å². The molecule has 0 heterocycles. The zero-order chi connectivity index (χ0) is 21.1. The van der Waals surface area contributed by atoms with Crippen molar-refractivity contribution in [1.82, 2.24) is 5.32 Å². The minimum Gasteiger partial charge on any atom is -0.332 e. The monoisotopic (exact) mass is 411 g/mol. The number of thiocarbonyl (C=S) groups is 1. The topological polar surface area (TPSA) is 61.4 Å². The van der Waals surface area contributed by atoms with Gasteiger partial charge in [-0.15, -0.1) is 0 Å². The molecule has 2 aromatic carbocycles. The van der Waals surface area contributed by atoms with E-state index in [0.717, 1.165) is 30.6 Å². The first-order chi connectivity index (χ1) is 14.0. The van der Waals surface area contributed by atoms with Gasteiger partial charge in [0.1, 0.15) is 0 Å². The van der Waals surface area contributed by atoms with E-state index >= 15 is 0 Å². The standard InChI is InChI=1S/C23H29N3O2S/c1-3-4-5-6-10-13-21(27)25-23(29)24-19-16-14-18(15-17-19)22(28)26(2)20-11-8-7-9-12-20/h7-9,11-12,14-17H,3-6,10,13H2,1-2H3,(H2,24,25,27,29). The fourth-order valence-corrected chi connectivity index (χ4v) is 3.13. The molecule has 0 aliphatic heterocycles. The third-order valence-corrected chi connectivity index (χ3v) is 4.80. The van der Waals surface area contributed by atoms with Crippen molar-refractivity contribution in [1.29, 1.82) is 0 Å². The highest BCUT2D eigenvalue weighted by Crippen LogP contribution is 2.16. The largest absolute Gasteiger partial charge is 0.332 e. The van der Waals surface area contributed by atoms with Gasteiger partial charge < -0.3 is 15.5 Å². The average Bonchev–Trinajstić information content (AvgIpc) is 2.73. The predicted octanol–water partition coefficient (Wildman–Crippen LogP) is 5.14. The lowest BCUT2D eigenvalue weighted by Gasteiger charge is -2.17. The van der Waals surface area contributed by atoms with Gasteiger partial charge in [0.25, 0.3) is 5.91 Å². The van der Waals surface area contributed by atoms with Crippen molar-refractivity contribution < 1.29 is 9.59 Å². The number of amides is 2. The van der Waals surface area contributed by atoms with Crippen LogP contribution >= 0.6 is 12.2 Å². The second kappa shape index (κ2) is 12.0. The van der Waals surface area contributed by atoms with Crippen LogP contribution in [-0.4, -0.2) is 24.0 Å². The molecule has 0 spiro atoms. The van der Waals surface area contributed by atoms with Gasteiger partial charge in [-0.25, -0.2) is 0 Å². The molecule has 6 heteroatoms. The van der Waals surface area contributed by atoms with Crippen LogP contribution in [0.5, 0.6) is 0 Å². The molecule has 0 aliphatic carbocycles. The fraction of sp³-hybridized carbons (Fsp3) is 0.348. The van der Waals surface area contributed by atoms with Gasteiger partial charge in [-0.1, -0.05) is 50.8 Å². The molecule has 29 heavy (non-hydrogen) atoms. The first-order valence-corrected chi connectivity index (χ1v) is 10.5. The van der Waals surface area contributed by atoms with Crippen LogP contribution in [0.15, 0.2) is 54.6 Å². The summed E-state index contributed by atoms with van der Waals surface area (Å²) in [6.45, 7) is 2.17. The highest BCUT2D eigenvalue weighted by molar-refractivity contribution is 7.80. The Labute approximate surface area is 178 Å². The van der Waals surface area contributed by atoms with E-state index in [1.165, 1.54) is 12.8 Å². The van der Waals surface area contributed by atoms with Gasteiger partial charge in [0.2, 0.25) is 5.91 Å². The summed E-state index contributed by atoms with van der Waals surface area (Å²) in [5, 5.41) is 5.96. The number of carbonyl (C=O) groups is 2. The lowest BCUT2D eigenvalue weighted by Crippen LogP contribution is -2.33. The summed E-state index contributed by atoms with van der Waals surface area (Å²) in [7, 11) is 1.75. The van der Waals surface area contributed by atoms with Crippen molar-refractivity contribution in [3.63, 3.8) is 0 Å². The van der Waals surface area contributed by atoms with E-state index in [4.69, 9.17) is 12.2 Å². The van der Waals surface area contributed by atoms with Gasteiger partial charge in [0.15, 0.2) is 5.11 Å². The Kier molecular flexibility index (Phi) is 9.31. The summed E-state index contributed by atoms with van der Waals surface area (Å²) in [6, 6.07) is 16.5. The van der Waals surface area contributed by atoms with Crippen LogP contribution in [0.4, 0.5) is 11.4 Å². The molecule has 0 atom stereocenters. The van der Waals surface area contributed by atoms with Crippen LogP contribution in [0, 0.1) is 0 Å². The summed E-state index contributed by atoms with van der Waals surface area (Å²) in [6.07, 6.45) is 5.98. The normalized spacial score (nSPS) is 10.3. The molecule has 154 valence electrons. The first-order valence-electron chi connectivity index (χ1n) is 10.0. The average molecular weight is 412 g/mol. The van der Waals surface area contributed by atoms with Crippen molar-refractivity contribution in [2.24, 2.45) is 0 Å². The molecule has 0 saturated carbocycles. The number of carbonyl (C=O) groups excluding carboxylic acids is 2. The number of nitrogens with one attached hydrogen (secondary N) is 2. The second-order valence-corrected chi connectivity index (χ2v) is 7.35. The fourth-order valence-electron chi connectivity index (χ4n) is 2.90. The molecule has 0 bridgehead atoms. The number of hydrogen-bond acceptors (Lipinski definition) is 3. The van der Waals surface area contributed by atoms with E-state index in [0.29, 0.717) is 12.0 Å². The molecular formula is C23H29N3O2S. The Morgan fingerprint density at radius 1 is 0.931 bits per heavy atom. The molecular weight excluding hydrogens is 382 g/mol. The zero-order valence-corrected chi connectivity index (χ0v) is 17.9. The van der Waals surface area contributed by atoms with Crippen molar-refractivity contribution in [3.05, 3.63) is 60.2 Å². The van der Waals surface area contributed by atoms with E-state index in [1.807, 2.05) is 30.3 Å². The molecule has 0 aromatic heterocycles. The second-order valence-electron chi connectivity index (χ2n) is 6.94. The Morgan fingerprint density at radius 2 is 1.59 bits per heavy atom. The van der Waals surface area contributed by atoms with E-state index in [1.54, 1.807) is 36.2 Å². The van der Waals surface area contributed by atoms with Crippen molar-refractivity contribution in [2.75, 3.05) is 17.3 Å². The van der Waals surface area contributed by atoms with Crippen molar-refractivity contribution in [3.8, 4) is 0 Å². The maximum atomic E-state index is 12.6. The molecule has 2 rings (SSSR count). The van der Waals surface area contributed by atoms with Crippen LogP contribution in [0.1, 0.15) is 55.8 Å². The number of hydrogen-bond donors (Lipinski definition) is 2. The van der Waals surface area contributed by atoms with Crippen LogP contribution in [0.2, 0.25) is 0 Å². The zero-order valence-electron chi connectivity index (χ0n) is 17.1. The van der Waals surface area contributed by atoms with Crippen LogP contribution < -0.4 is 15.5 Å². The minimum absolute atomic E-state index is 0.0738. The Hall–Kier alpha value is -2.73. The number of rotatable bonds is 9. The first kappa shape index (κ1) is 22.6. The molecule has 0 fully saturated rings. The maximum absolute atomic E-state index is 12.6. The Balaban J connectivity index is 1.81. The summed E-state index contributed by atoms with van der Waals surface area (Å²) in [4.78, 5) is 26.2. The molecule has 0 saturated heterocycles. The van der Waals surface area contributed by atoms with Crippen molar-refractivity contribution in [2.45, 2.75) is 45.4 Å². The number of benzene rings is 2. The highest BCUT2D eigenvalue weighted by Gasteiger charge is 2.13. The van der Waals surface area contributed by atoms with E-state index in [9.17, 15) is 9.59 Å². The Morgan fingerprint density at radius 3 is 2.24 bits per heavy atom. The van der Waals surface area contributed by atoms with Gasteiger partial charge in [-0.2, -0.15) is 0 Å². The van der Waals surface area contributed by atoms with Crippen LogP contribution in [-0.2, 0) is 4.79 Å². The van der Waals surface area contributed by atoms with Crippen LogP contribution in [0.3, 0.4) is 0 Å². The van der Waals surface area contributed by atoms with E-state index < -0.39 is 0 Å². The number of anilines is 2. The summed E-state index contributed by atoms with van der Waals surface area (Å²) in [5.41, 5.74) is 2.12. The van der Waals surface area contributed by atoms with Gasteiger partial charge in [0, 0.05) is 30.4 Å². The Bertz CT molecular complexity index is 807. The third kappa shape index (κ3) is 7.66. The van der Waals surface area contributed by atoms with Gasteiger partial charge in [-0.3, -0.25) is 9.59 Å². The third-order valence-electron chi connectivity index (χ3n) is 4.60. The lowest BCUT2D eigenvalue weighted by atomic mass is 10.1. The molecule has 5 nitrogen and oxygen atoms in total. The quantitative estimate of drug-likeness (QED) is 0.443. The number of unbranched alkanes of at least 4 members (excludes halogenated alkanes) is 4. The molecule has 0 unspecified atom stereocenters.